The van der Waals surface area contributed by atoms with Crippen molar-refractivity contribution in [3.63, 3.8) is 0 Å². The highest BCUT2D eigenvalue weighted by Gasteiger charge is 2.15. The Morgan fingerprint density at radius 3 is 3.12 bits per heavy atom. The lowest BCUT2D eigenvalue weighted by Crippen LogP contribution is -2.29. The van der Waals surface area contributed by atoms with Gasteiger partial charge in [0.25, 0.3) is 0 Å². The molecule has 2 N–H and O–H groups in total. The molecule has 1 aliphatic carbocycles. The molecule has 1 aromatic rings. The largest absolute Gasteiger partial charge is 0.314 e. The van der Waals surface area contributed by atoms with Crippen LogP contribution in [0.1, 0.15) is 51.3 Å². The quantitative estimate of drug-likeness (QED) is 0.609. The third-order valence-corrected chi connectivity index (χ3v) is 3.75. The number of hydrogen-bond donors (Lipinski definition) is 2. The maximum atomic E-state index is 4.13. The maximum absolute atomic E-state index is 4.13. The van der Waals surface area contributed by atoms with E-state index in [2.05, 4.69) is 27.4 Å². The van der Waals surface area contributed by atoms with Gasteiger partial charge in [0, 0.05) is 12.5 Å². The van der Waals surface area contributed by atoms with E-state index < -0.39 is 0 Å². The van der Waals surface area contributed by atoms with E-state index in [4.69, 9.17) is 0 Å². The molecule has 0 spiro atoms. The van der Waals surface area contributed by atoms with E-state index in [-0.39, 0.29) is 0 Å². The Morgan fingerprint density at radius 1 is 1.35 bits per heavy atom. The minimum atomic E-state index is 0.745. The molecule has 0 aromatic carbocycles. The Bertz CT molecular complexity index is 296. The highest BCUT2D eigenvalue weighted by Crippen LogP contribution is 2.22. The van der Waals surface area contributed by atoms with Gasteiger partial charge in [-0.25, -0.2) is 4.98 Å². The second kappa shape index (κ2) is 6.74. The minimum Gasteiger partial charge on any atom is -0.314 e. The van der Waals surface area contributed by atoms with Crippen molar-refractivity contribution in [2.24, 2.45) is 5.92 Å². The van der Waals surface area contributed by atoms with Crippen LogP contribution >= 0.6 is 0 Å². The van der Waals surface area contributed by atoms with Crippen LogP contribution in [0.3, 0.4) is 0 Å². The third-order valence-electron chi connectivity index (χ3n) is 3.75. The molecule has 0 saturated heterocycles. The first-order chi connectivity index (χ1) is 8.34. The molecule has 4 nitrogen and oxygen atoms in total. The minimum absolute atomic E-state index is 0.745. The van der Waals surface area contributed by atoms with Crippen molar-refractivity contribution in [3.05, 3.63) is 12.2 Å². The standard InChI is InChI=1S/C13H24N4/c1-11-4-2-5-12(8-7-11)14-9-3-6-13-15-10-16-17-13/h10-12,14H,2-9H2,1H3,(H,15,16,17). The fraction of sp³-hybridized carbons (Fsp3) is 0.846. The van der Waals surface area contributed by atoms with Crippen molar-refractivity contribution in [2.45, 2.75) is 57.9 Å². The summed E-state index contributed by atoms with van der Waals surface area (Å²) in [7, 11) is 0. The second-order valence-corrected chi connectivity index (χ2v) is 5.30. The molecule has 0 radical (unpaired) electrons. The van der Waals surface area contributed by atoms with Gasteiger partial charge in [-0.2, -0.15) is 5.10 Å². The lowest BCUT2D eigenvalue weighted by atomic mass is 10.0. The summed E-state index contributed by atoms with van der Waals surface area (Å²) in [5.41, 5.74) is 0. The molecule has 2 unspecified atom stereocenters. The molecule has 1 aromatic heterocycles. The van der Waals surface area contributed by atoms with Gasteiger partial charge >= 0.3 is 0 Å². The summed E-state index contributed by atoms with van der Waals surface area (Å²) in [6.45, 7) is 3.48. The third kappa shape index (κ3) is 4.46. The Hall–Kier alpha value is -0.900. The van der Waals surface area contributed by atoms with Crippen molar-refractivity contribution < 1.29 is 0 Å². The number of H-pyrrole nitrogens is 1. The normalized spacial score (nSPS) is 25.7. The number of rotatable bonds is 5. The van der Waals surface area contributed by atoms with Crippen LogP contribution in [0.4, 0.5) is 0 Å². The molecule has 1 fully saturated rings. The van der Waals surface area contributed by atoms with Gasteiger partial charge < -0.3 is 5.32 Å². The lowest BCUT2D eigenvalue weighted by Gasteiger charge is -2.15. The molecule has 0 aliphatic heterocycles. The summed E-state index contributed by atoms with van der Waals surface area (Å²) < 4.78 is 0. The average molecular weight is 236 g/mol. The Balaban J connectivity index is 1.58. The van der Waals surface area contributed by atoms with Crippen LogP contribution in [-0.4, -0.2) is 27.8 Å². The zero-order valence-electron chi connectivity index (χ0n) is 10.8. The molecule has 0 amide bonds. The van der Waals surface area contributed by atoms with Gasteiger partial charge in [-0.05, 0) is 38.1 Å². The van der Waals surface area contributed by atoms with Crippen molar-refractivity contribution in [3.8, 4) is 0 Å². The van der Waals surface area contributed by atoms with Crippen LogP contribution in [-0.2, 0) is 6.42 Å². The number of hydrogen-bond acceptors (Lipinski definition) is 3. The molecule has 2 atom stereocenters. The molecule has 4 heteroatoms. The SMILES string of the molecule is CC1CCCC(NCCCc2ncn[nH]2)CC1. The lowest BCUT2D eigenvalue weighted by molar-refractivity contribution is 0.444. The van der Waals surface area contributed by atoms with Crippen LogP contribution in [0, 0.1) is 5.92 Å². The summed E-state index contributed by atoms with van der Waals surface area (Å²) in [4.78, 5) is 4.13. The van der Waals surface area contributed by atoms with Crippen LogP contribution in [0.25, 0.3) is 0 Å². The summed E-state index contributed by atoms with van der Waals surface area (Å²) in [5.74, 6) is 1.93. The van der Waals surface area contributed by atoms with Gasteiger partial charge in [0.15, 0.2) is 0 Å². The maximum Gasteiger partial charge on any atom is 0.137 e. The Kier molecular flexibility index (Phi) is 4.98. The molecule has 96 valence electrons. The van der Waals surface area contributed by atoms with E-state index >= 15 is 0 Å². The van der Waals surface area contributed by atoms with E-state index in [1.165, 1.54) is 32.1 Å². The number of aromatic nitrogens is 3. The smallest absolute Gasteiger partial charge is 0.137 e. The zero-order chi connectivity index (χ0) is 11.9. The van der Waals surface area contributed by atoms with Gasteiger partial charge in [-0.3, -0.25) is 5.10 Å². The fourth-order valence-corrected chi connectivity index (χ4v) is 2.60. The summed E-state index contributed by atoms with van der Waals surface area (Å²) in [5, 5.41) is 10.4. The van der Waals surface area contributed by atoms with Crippen LogP contribution in [0.2, 0.25) is 0 Å². The highest BCUT2D eigenvalue weighted by atomic mass is 15.2. The van der Waals surface area contributed by atoms with Crippen LogP contribution in [0.15, 0.2) is 6.33 Å². The van der Waals surface area contributed by atoms with Crippen molar-refractivity contribution >= 4 is 0 Å². The van der Waals surface area contributed by atoms with Crippen LogP contribution < -0.4 is 5.32 Å². The van der Waals surface area contributed by atoms with Gasteiger partial charge in [0.2, 0.25) is 0 Å². The number of nitrogens with zero attached hydrogens (tertiary/aromatic N) is 2. The number of aryl methyl sites for hydroxylation is 1. The number of nitrogens with one attached hydrogen (secondary N) is 2. The number of aromatic amines is 1. The van der Waals surface area contributed by atoms with Gasteiger partial charge in [0.1, 0.15) is 12.2 Å². The summed E-state index contributed by atoms with van der Waals surface area (Å²) in [6, 6.07) is 0.745. The first-order valence-corrected chi connectivity index (χ1v) is 6.92. The second-order valence-electron chi connectivity index (χ2n) is 5.30. The molecular formula is C13H24N4. The summed E-state index contributed by atoms with van der Waals surface area (Å²) >= 11 is 0. The van der Waals surface area contributed by atoms with Gasteiger partial charge in [-0.1, -0.05) is 19.8 Å². The van der Waals surface area contributed by atoms with Gasteiger partial charge in [0.05, 0.1) is 0 Å². The predicted molar refractivity (Wildman–Crippen MR) is 68.7 cm³/mol. The van der Waals surface area contributed by atoms with Gasteiger partial charge in [-0.15, -0.1) is 0 Å². The molecule has 2 rings (SSSR count). The average Bonchev–Trinajstić information content (AvgIpc) is 2.75. The molecular weight excluding hydrogens is 212 g/mol. The van der Waals surface area contributed by atoms with Crippen molar-refractivity contribution in [1.82, 2.24) is 20.5 Å². The van der Waals surface area contributed by atoms with E-state index in [0.29, 0.717) is 0 Å². The molecule has 0 bridgehead atoms. The zero-order valence-corrected chi connectivity index (χ0v) is 10.8. The Morgan fingerprint density at radius 2 is 2.29 bits per heavy atom. The van der Waals surface area contributed by atoms with E-state index in [1.807, 2.05) is 0 Å². The molecule has 17 heavy (non-hydrogen) atoms. The molecule has 1 heterocycles. The van der Waals surface area contributed by atoms with E-state index in [1.54, 1.807) is 6.33 Å². The summed E-state index contributed by atoms with van der Waals surface area (Å²) in [6.07, 6.45) is 10.6. The monoisotopic (exact) mass is 236 g/mol. The molecule has 1 aliphatic rings. The fourth-order valence-electron chi connectivity index (χ4n) is 2.60. The first kappa shape index (κ1) is 12.6. The van der Waals surface area contributed by atoms with E-state index in [0.717, 1.165) is 37.2 Å². The highest BCUT2D eigenvalue weighted by molar-refractivity contribution is 4.80. The van der Waals surface area contributed by atoms with E-state index in [9.17, 15) is 0 Å². The molecule has 1 saturated carbocycles. The van der Waals surface area contributed by atoms with Crippen molar-refractivity contribution in [2.75, 3.05) is 6.54 Å². The van der Waals surface area contributed by atoms with Crippen LogP contribution in [0.5, 0.6) is 0 Å². The first-order valence-electron chi connectivity index (χ1n) is 6.92. The topological polar surface area (TPSA) is 53.6 Å². The van der Waals surface area contributed by atoms with Crippen molar-refractivity contribution in [1.29, 1.82) is 0 Å². The predicted octanol–water partition coefficient (Wildman–Crippen LogP) is 2.30. The Labute approximate surface area is 104 Å².